The molecule has 2 bridgehead atoms. The van der Waals surface area contributed by atoms with Crippen molar-refractivity contribution in [3.05, 3.63) is 34.2 Å². The molecule has 6 nitrogen and oxygen atoms in total. The molecule has 5 atom stereocenters. The molecular weight excluding hydrogens is 390 g/mol. The molecule has 1 spiro atoms. The summed E-state index contributed by atoms with van der Waals surface area (Å²) in [7, 11) is 0. The Bertz CT molecular complexity index is 1100. The van der Waals surface area contributed by atoms with E-state index in [4.69, 9.17) is 4.74 Å². The number of carbonyl (C=O) groups is 1. The Kier molecular flexibility index (Phi) is 4.67. The highest BCUT2D eigenvalue weighted by Gasteiger charge is 2.68. The van der Waals surface area contributed by atoms with Gasteiger partial charge in [0.25, 0.3) is 0 Å². The van der Waals surface area contributed by atoms with Crippen LogP contribution in [0.3, 0.4) is 0 Å². The molecule has 2 heterocycles. The molecule has 1 aliphatic heterocycles. The smallest absolute Gasteiger partial charge is 0.329 e. The number of ether oxygens (including phenoxy) is 1. The molecule has 31 heavy (non-hydrogen) atoms. The summed E-state index contributed by atoms with van der Waals surface area (Å²) in [5.41, 5.74) is 3.42. The van der Waals surface area contributed by atoms with Gasteiger partial charge >= 0.3 is 5.69 Å². The molecule has 0 radical (unpaired) electrons. The van der Waals surface area contributed by atoms with Crippen LogP contribution in [-0.4, -0.2) is 27.7 Å². The van der Waals surface area contributed by atoms with Crippen molar-refractivity contribution in [2.24, 2.45) is 22.7 Å². The second-order valence-corrected chi connectivity index (χ2v) is 10.5. The number of aromatic nitrogens is 2. The molecule has 2 aliphatic carbocycles. The van der Waals surface area contributed by atoms with Gasteiger partial charge in [-0.2, -0.15) is 0 Å². The van der Waals surface area contributed by atoms with E-state index in [0.717, 1.165) is 23.9 Å². The number of amides is 1. The molecule has 1 unspecified atom stereocenters. The first kappa shape index (κ1) is 20.8. The number of benzene rings is 1. The number of rotatable bonds is 4. The van der Waals surface area contributed by atoms with Crippen LogP contribution >= 0.6 is 0 Å². The number of nitrogens with zero attached hydrogens (tertiary/aromatic N) is 2. The standard InChI is InChI=1S/C25H35N3O3/c1-6-27-19-9-8-16(12-20(19)28(7-2)23(27)30)21-18-13-17-14-25(18,10-11-31-21)22(24(17,4)5)26-15(3)29/h8-9,12,17-18,21-22H,6-7,10-11,13-14H2,1-5H3,(H,26,29)/t17-,18-,21-,22-,25?/m1/s1. The van der Waals surface area contributed by atoms with Crippen molar-refractivity contribution < 1.29 is 9.53 Å². The molecule has 1 amide bonds. The summed E-state index contributed by atoms with van der Waals surface area (Å²) in [4.78, 5) is 24.9. The molecule has 1 aromatic heterocycles. The van der Waals surface area contributed by atoms with Gasteiger partial charge in [0, 0.05) is 32.7 Å². The van der Waals surface area contributed by atoms with Gasteiger partial charge in [0.15, 0.2) is 0 Å². The molecular formula is C25H35N3O3. The zero-order chi connectivity index (χ0) is 22.1. The Morgan fingerprint density at radius 3 is 2.58 bits per heavy atom. The van der Waals surface area contributed by atoms with Gasteiger partial charge in [0.05, 0.1) is 17.1 Å². The van der Waals surface area contributed by atoms with Gasteiger partial charge in [-0.3, -0.25) is 13.9 Å². The van der Waals surface area contributed by atoms with Gasteiger partial charge in [0.1, 0.15) is 0 Å². The van der Waals surface area contributed by atoms with Gasteiger partial charge in [-0.15, -0.1) is 0 Å². The molecule has 3 aliphatic rings. The van der Waals surface area contributed by atoms with Crippen LogP contribution in [0.1, 0.15) is 65.5 Å². The van der Waals surface area contributed by atoms with Crippen molar-refractivity contribution in [2.75, 3.05) is 6.61 Å². The lowest BCUT2D eigenvalue weighted by atomic mass is 9.59. The highest BCUT2D eigenvalue weighted by atomic mass is 16.5. The summed E-state index contributed by atoms with van der Waals surface area (Å²) in [6.45, 7) is 12.4. The minimum Gasteiger partial charge on any atom is -0.373 e. The van der Waals surface area contributed by atoms with E-state index in [-0.39, 0.29) is 34.6 Å². The maximum atomic E-state index is 12.8. The van der Waals surface area contributed by atoms with Gasteiger partial charge in [-0.25, -0.2) is 4.79 Å². The van der Waals surface area contributed by atoms with E-state index in [9.17, 15) is 9.59 Å². The Hall–Kier alpha value is -2.08. The Labute approximate surface area is 183 Å². The lowest BCUT2D eigenvalue weighted by Crippen LogP contribution is -2.58. The summed E-state index contributed by atoms with van der Waals surface area (Å²) < 4.78 is 10.1. The minimum absolute atomic E-state index is 0.0147. The average Bonchev–Trinajstić information content (AvgIpc) is 3.32. The first-order valence-electron chi connectivity index (χ1n) is 11.9. The van der Waals surface area contributed by atoms with Crippen LogP contribution in [0.15, 0.2) is 23.0 Å². The van der Waals surface area contributed by atoms with E-state index in [1.807, 2.05) is 23.0 Å². The van der Waals surface area contributed by atoms with Gasteiger partial charge in [0.2, 0.25) is 5.91 Å². The van der Waals surface area contributed by atoms with Gasteiger partial charge in [-0.05, 0) is 73.5 Å². The molecule has 6 heteroatoms. The van der Waals surface area contributed by atoms with E-state index in [0.29, 0.717) is 31.5 Å². The molecule has 1 aromatic carbocycles. The summed E-state index contributed by atoms with van der Waals surface area (Å²) in [5.74, 6) is 1.05. The van der Waals surface area contributed by atoms with E-state index in [1.165, 1.54) is 12.0 Å². The summed E-state index contributed by atoms with van der Waals surface area (Å²) in [6, 6.07) is 6.61. The van der Waals surface area contributed by atoms with Crippen LogP contribution in [0, 0.1) is 22.7 Å². The third-order valence-electron chi connectivity index (χ3n) is 8.86. The van der Waals surface area contributed by atoms with E-state index < -0.39 is 0 Å². The molecule has 5 rings (SSSR count). The van der Waals surface area contributed by atoms with Crippen molar-refractivity contribution in [1.82, 2.24) is 14.5 Å². The molecule has 3 fully saturated rings. The van der Waals surface area contributed by atoms with Gasteiger partial charge < -0.3 is 10.1 Å². The molecule has 1 N–H and O–H groups in total. The molecule has 2 saturated carbocycles. The zero-order valence-electron chi connectivity index (χ0n) is 19.4. The summed E-state index contributed by atoms with van der Waals surface area (Å²) >= 11 is 0. The topological polar surface area (TPSA) is 65.3 Å². The van der Waals surface area contributed by atoms with Crippen molar-refractivity contribution in [2.45, 2.75) is 79.1 Å². The monoisotopic (exact) mass is 425 g/mol. The van der Waals surface area contributed by atoms with Crippen molar-refractivity contribution in [1.29, 1.82) is 0 Å². The summed E-state index contributed by atoms with van der Waals surface area (Å²) in [5, 5.41) is 3.35. The number of carbonyl (C=O) groups excluding carboxylic acids is 1. The number of hydrogen-bond donors (Lipinski definition) is 1. The quantitative estimate of drug-likeness (QED) is 0.809. The third-order valence-corrected chi connectivity index (χ3v) is 8.86. The number of aryl methyl sites for hydroxylation is 2. The maximum Gasteiger partial charge on any atom is 0.329 e. The third kappa shape index (κ3) is 2.73. The lowest BCUT2D eigenvalue weighted by molar-refractivity contribution is -0.135. The number of nitrogens with one attached hydrogen (secondary N) is 1. The van der Waals surface area contributed by atoms with E-state index >= 15 is 0 Å². The number of hydrogen-bond acceptors (Lipinski definition) is 3. The number of imidazole rings is 1. The molecule has 1 saturated heterocycles. The second kappa shape index (κ2) is 6.96. The molecule has 2 aromatic rings. The summed E-state index contributed by atoms with van der Waals surface area (Å²) in [6.07, 6.45) is 3.33. The van der Waals surface area contributed by atoms with Crippen molar-refractivity contribution >= 4 is 16.9 Å². The fourth-order valence-electron chi connectivity index (χ4n) is 7.45. The van der Waals surface area contributed by atoms with Crippen molar-refractivity contribution in [3.63, 3.8) is 0 Å². The second-order valence-electron chi connectivity index (χ2n) is 10.5. The van der Waals surface area contributed by atoms with Gasteiger partial charge in [-0.1, -0.05) is 19.9 Å². The SMILES string of the molecule is CCn1c(=O)n(CC)c2cc([C@H]3OCCC45C[C@@H](C[C@H]34)C(C)(C)[C@H]5NC(C)=O)ccc21. The predicted molar refractivity (Wildman–Crippen MR) is 121 cm³/mol. The Morgan fingerprint density at radius 1 is 1.19 bits per heavy atom. The maximum absolute atomic E-state index is 12.8. The Morgan fingerprint density at radius 2 is 1.90 bits per heavy atom. The Balaban J connectivity index is 1.58. The fourth-order valence-corrected chi connectivity index (χ4v) is 7.45. The normalized spacial score (nSPS) is 33.6. The predicted octanol–water partition coefficient (Wildman–Crippen LogP) is 3.86. The van der Waals surface area contributed by atoms with Crippen LogP contribution in [0.25, 0.3) is 11.0 Å². The zero-order valence-corrected chi connectivity index (χ0v) is 19.4. The van der Waals surface area contributed by atoms with Crippen LogP contribution in [0.2, 0.25) is 0 Å². The van der Waals surface area contributed by atoms with Crippen LogP contribution in [-0.2, 0) is 22.6 Å². The van der Waals surface area contributed by atoms with Crippen molar-refractivity contribution in [3.8, 4) is 0 Å². The van der Waals surface area contributed by atoms with Crippen LogP contribution < -0.4 is 11.0 Å². The fraction of sp³-hybridized carbons (Fsp3) is 0.680. The minimum atomic E-state index is 0.0147. The first-order valence-corrected chi connectivity index (χ1v) is 11.9. The lowest BCUT2D eigenvalue weighted by Gasteiger charge is -2.53. The van der Waals surface area contributed by atoms with Crippen LogP contribution in [0.5, 0.6) is 0 Å². The highest BCUT2D eigenvalue weighted by molar-refractivity contribution is 5.77. The average molecular weight is 426 g/mol. The largest absolute Gasteiger partial charge is 0.373 e. The number of fused-ring (bicyclic) bond motifs is 2. The van der Waals surface area contributed by atoms with E-state index in [1.54, 1.807) is 6.92 Å². The van der Waals surface area contributed by atoms with Crippen LogP contribution in [0.4, 0.5) is 0 Å². The highest BCUT2D eigenvalue weighted by Crippen LogP contribution is 2.70. The first-order chi connectivity index (χ1) is 14.7. The van der Waals surface area contributed by atoms with E-state index in [2.05, 4.69) is 37.4 Å². The molecule has 168 valence electrons.